The lowest BCUT2D eigenvalue weighted by Gasteiger charge is -2.13. The van der Waals surface area contributed by atoms with Crippen molar-refractivity contribution in [3.05, 3.63) is 59.3 Å². The van der Waals surface area contributed by atoms with Crippen molar-refractivity contribution >= 4 is 29.3 Å². The summed E-state index contributed by atoms with van der Waals surface area (Å²) in [5.74, 6) is 2.06. The molecule has 0 spiro atoms. The number of unbranched alkanes of at least 4 members (excludes halogenated alkanes) is 1. The molecule has 7 heteroatoms. The van der Waals surface area contributed by atoms with Gasteiger partial charge < -0.3 is 19.5 Å². The maximum absolute atomic E-state index is 12.6. The topological polar surface area (TPSA) is 60.0 Å². The van der Waals surface area contributed by atoms with E-state index in [-0.39, 0.29) is 5.91 Å². The third kappa shape index (κ3) is 6.01. The normalized spacial score (nSPS) is 14.6. The highest BCUT2D eigenvalue weighted by Crippen LogP contribution is 2.29. The molecule has 1 fully saturated rings. The second kappa shape index (κ2) is 11.5. The predicted octanol–water partition coefficient (Wildman–Crippen LogP) is 4.92. The molecule has 1 aliphatic rings. The number of amides is 1. The van der Waals surface area contributed by atoms with E-state index in [9.17, 15) is 4.79 Å². The number of ether oxygens (including phenoxy) is 3. The van der Waals surface area contributed by atoms with E-state index in [0.29, 0.717) is 48.7 Å². The van der Waals surface area contributed by atoms with Crippen molar-refractivity contribution in [1.29, 1.82) is 0 Å². The van der Waals surface area contributed by atoms with Crippen molar-refractivity contribution < 1.29 is 19.0 Å². The van der Waals surface area contributed by atoms with Crippen molar-refractivity contribution in [2.75, 3.05) is 19.8 Å². The number of thiocarbonyl (C=S) groups is 1. The fraction of sp³-hybridized carbons (Fsp3) is 0.360. The summed E-state index contributed by atoms with van der Waals surface area (Å²) >= 11 is 5.31. The Labute approximate surface area is 195 Å². The summed E-state index contributed by atoms with van der Waals surface area (Å²) in [4.78, 5) is 14.3. The van der Waals surface area contributed by atoms with Crippen molar-refractivity contribution in [1.82, 2.24) is 10.2 Å². The summed E-state index contributed by atoms with van der Waals surface area (Å²) in [6, 6.07) is 13.4. The molecule has 0 radical (unpaired) electrons. The Balaban J connectivity index is 1.68. The van der Waals surface area contributed by atoms with Gasteiger partial charge in [0, 0.05) is 6.54 Å². The van der Waals surface area contributed by atoms with E-state index in [1.54, 1.807) is 11.0 Å². The number of carbonyl (C=O) groups is 1. The van der Waals surface area contributed by atoms with Crippen LogP contribution in [0, 0.1) is 0 Å². The van der Waals surface area contributed by atoms with Crippen LogP contribution in [0.15, 0.2) is 48.2 Å². The first-order valence-electron chi connectivity index (χ1n) is 11.0. The van der Waals surface area contributed by atoms with Crippen molar-refractivity contribution in [2.45, 2.75) is 40.2 Å². The van der Waals surface area contributed by atoms with Gasteiger partial charge >= 0.3 is 0 Å². The Hall–Kier alpha value is -3.06. The van der Waals surface area contributed by atoms with E-state index in [2.05, 4.69) is 12.2 Å². The Morgan fingerprint density at radius 1 is 1.00 bits per heavy atom. The molecule has 1 saturated heterocycles. The van der Waals surface area contributed by atoms with Crippen LogP contribution in [0.4, 0.5) is 0 Å². The lowest BCUT2D eigenvalue weighted by molar-refractivity contribution is -0.122. The monoisotopic (exact) mass is 454 g/mol. The van der Waals surface area contributed by atoms with Crippen LogP contribution in [0.3, 0.4) is 0 Å². The van der Waals surface area contributed by atoms with Gasteiger partial charge in [0.25, 0.3) is 5.91 Å². The van der Waals surface area contributed by atoms with Crippen molar-refractivity contribution in [2.24, 2.45) is 0 Å². The molecule has 1 N–H and O–H groups in total. The molecule has 0 aromatic heterocycles. The molecule has 0 bridgehead atoms. The first kappa shape index (κ1) is 23.6. The summed E-state index contributed by atoms with van der Waals surface area (Å²) in [7, 11) is 0. The maximum atomic E-state index is 12.6. The zero-order valence-electron chi connectivity index (χ0n) is 18.8. The lowest BCUT2D eigenvalue weighted by Crippen LogP contribution is -2.31. The van der Waals surface area contributed by atoms with Crippen LogP contribution in [0.2, 0.25) is 0 Å². The Morgan fingerprint density at radius 3 is 2.53 bits per heavy atom. The van der Waals surface area contributed by atoms with Gasteiger partial charge in [0.15, 0.2) is 16.6 Å². The van der Waals surface area contributed by atoms with Gasteiger partial charge in [-0.05, 0) is 74.0 Å². The van der Waals surface area contributed by atoms with Gasteiger partial charge in [0.05, 0.1) is 13.2 Å². The number of benzene rings is 2. The predicted molar refractivity (Wildman–Crippen MR) is 130 cm³/mol. The van der Waals surface area contributed by atoms with Crippen LogP contribution in [0.1, 0.15) is 44.7 Å². The summed E-state index contributed by atoms with van der Waals surface area (Å²) < 4.78 is 17.3. The van der Waals surface area contributed by atoms with Crippen LogP contribution >= 0.6 is 12.2 Å². The number of rotatable bonds is 11. The molecular formula is C25H30N2O4S. The van der Waals surface area contributed by atoms with Gasteiger partial charge in [-0.25, -0.2) is 0 Å². The minimum Gasteiger partial charge on any atom is -0.490 e. The highest BCUT2D eigenvalue weighted by molar-refractivity contribution is 7.80. The average Bonchev–Trinajstić information content (AvgIpc) is 3.05. The van der Waals surface area contributed by atoms with E-state index in [0.717, 1.165) is 29.7 Å². The number of hydrogen-bond acceptors (Lipinski definition) is 5. The number of carbonyl (C=O) groups excluding carboxylic acids is 1. The molecule has 170 valence electrons. The SMILES string of the molecule is CCCCN1C(=O)/C(=C\c2cccc(OCc3ccc(OCC)c(OCC)c3)c2)NC1=S. The molecule has 0 atom stereocenters. The Morgan fingerprint density at radius 2 is 1.78 bits per heavy atom. The molecule has 1 aliphatic heterocycles. The van der Waals surface area contributed by atoms with E-state index in [1.165, 1.54) is 0 Å². The fourth-order valence-corrected chi connectivity index (χ4v) is 3.59. The summed E-state index contributed by atoms with van der Waals surface area (Å²) in [6.07, 6.45) is 3.73. The van der Waals surface area contributed by atoms with Crippen LogP contribution in [0.5, 0.6) is 17.2 Å². The summed E-state index contributed by atoms with van der Waals surface area (Å²) in [6.45, 7) is 8.14. The zero-order chi connectivity index (χ0) is 22.9. The minimum absolute atomic E-state index is 0.0902. The van der Waals surface area contributed by atoms with Crippen LogP contribution < -0.4 is 19.5 Å². The number of nitrogens with zero attached hydrogens (tertiary/aromatic N) is 1. The molecule has 2 aromatic rings. The Kier molecular flexibility index (Phi) is 8.50. The fourth-order valence-electron chi connectivity index (χ4n) is 3.30. The molecule has 1 heterocycles. The molecule has 6 nitrogen and oxygen atoms in total. The second-order valence-electron chi connectivity index (χ2n) is 7.31. The molecule has 32 heavy (non-hydrogen) atoms. The smallest absolute Gasteiger partial charge is 0.276 e. The number of nitrogens with one attached hydrogen (secondary N) is 1. The second-order valence-corrected chi connectivity index (χ2v) is 7.69. The van der Waals surface area contributed by atoms with E-state index >= 15 is 0 Å². The molecule has 0 aliphatic carbocycles. The standard InChI is InChI=1S/C25H30N2O4S/c1-4-7-13-27-24(28)21(26-25(27)32)15-18-9-8-10-20(14-18)31-17-19-11-12-22(29-5-2)23(16-19)30-6-3/h8-12,14-16H,4-7,13,17H2,1-3H3,(H,26,32)/b21-15+. The van der Waals surface area contributed by atoms with Crippen LogP contribution in [-0.2, 0) is 11.4 Å². The highest BCUT2D eigenvalue weighted by atomic mass is 32.1. The third-order valence-corrected chi connectivity index (χ3v) is 5.20. The Bertz CT molecular complexity index is 990. The summed E-state index contributed by atoms with van der Waals surface area (Å²) in [5.41, 5.74) is 2.32. The van der Waals surface area contributed by atoms with Crippen LogP contribution in [0.25, 0.3) is 6.08 Å². The van der Waals surface area contributed by atoms with Crippen LogP contribution in [-0.4, -0.2) is 35.7 Å². The molecule has 2 aromatic carbocycles. The zero-order valence-corrected chi connectivity index (χ0v) is 19.7. The van der Waals surface area contributed by atoms with Crippen molar-refractivity contribution in [3.63, 3.8) is 0 Å². The average molecular weight is 455 g/mol. The van der Waals surface area contributed by atoms with Gasteiger partial charge in [-0.3, -0.25) is 9.69 Å². The van der Waals surface area contributed by atoms with Gasteiger partial charge in [0.2, 0.25) is 0 Å². The van der Waals surface area contributed by atoms with Gasteiger partial charge in [-0.2, -0.15) is 0 Å². The molecule has 1 amide bonds. The lowest BCUT2D eigenvalue weighted by atomic mass is 10.1. The minimum atomic E-state index is -0.0902. The largest absolute Gasteiger partial charge is 0.490 e. The maximum Gasteiger partial charge on any atom is 0.276 e. The van der Waals surface area contributed by atoms with Gasteiger partial charge in [0.1, 0.15) is 18.1 Å². The number of hydrogen-bond donors (Lipinski definition) is 1. The highest BCUT2D eigenvalue weighted by Gasteiger charge is 2.29. The van der Waals surface area contributed by atoms with Gasteiger partial charge in [-0.1, -0.05) is 31.5 Å². The first-order chi connectivity index (χ1) is 15.5. The third-order valence-electron chi connectivity index (χ3n) is 4.88. The summed E-state index contributed by atoms with van der Waals surface area (Å²) in [5, 5.41) is 3.49. The molecule has 0 unspecified atom stereocenters. The quantitative estimate of drug-likeness (QED) is 0.384. The van der Waals surface area contributed by atoms with E-state index in [1.807, 2.05) is 56.3 Å². The van der Waals surface area contributed by atoms with E-state index in [4.69, 9.17) is 26.4 Å². The molecule has 3 rings (SSSR count). The van der Waals surface area contributed by atoms with E-state index < -0.39 is 0 Å². The molecule has 0 saturated carbocycles. The molecular weight excluding hydrogens is 424 g/mol. The van der Waals surface area contributed by atoms with Gasteiger partial charge in [-0.15, -0.1) is 0 Å². The van der Waals surface area contributed by atoms with Crippen molar-refractivity contribution in [3.8, 4) is 17.2 Å². The first-order valence-corrected chi connectivity index (χ1v) is 11.4.